The van der Waals surface area contributed by atoms with E-state index in [1.807, 2.05) is 84.9 Å². The van der Waals surface area contributed by atoms with E-state index in [1.54, 1.807) is 0 Å². The Morgan fingerprint density at radius 3 is 1.76 bits per heavy atom. The second-order valence-corrected chi connectivity index (χ2v) is 11.3. The summed E-state index contributed by atoms with van der Waals surface area (Å²) in [7, 11) is 0. The molecule has 0 spiro atoms. The zero-order valence-electron chi connectivity index (χ0n) is 25.0. The minimum absolute atomic E-state index is 0.163. The summed E-state index contributed by atoms with van der Waals surface area (Å²) in [5.41, 5.74) is 9.78. The number of hydrogen-bond donors (Lipinski definition) is 1. The Labute approximate surface area is 268 Å². The molecule has 1 heterocycles. The average Bonchev–Trinajstić information content (AvgIpc) is 3.15. The summed E-state index contributed by atoms with van der Waals surface area (Å²) in [6.07, 6.45) is 7.15. The molecule has 0 saturated heterocycles. The van der Waals surface area contributed by atoms with Crippen molar-refractivity contribution in [3.63, 3.8) is 0 Å². The smallest absolute Gasteiger partial charge is 0.169 e. The Balaban J connectivity index is 1.29. The molecule has 5 nitrogen and oxygen atoms in total. The first-order chi connectivity index (χ1) is 22.7. The summed E-state index contributed by atoms with van der Waals surface area (Å²) in [4.78, 5) is 10.1. The first kappa shape index (κ1) is 28.5. The molecule has 1 aliphatic heterocycles. The van der Waals surface area contributed by atoms with E-state index >= 15 is 0 Å². The normalized spacial score (nSPS) is 17.0. The molecule has 5 aromatic carbocycles. The van der Waals surface area contributed by atoms with E-state index in [4.69, 9.17) is 9.98 Å². The first-order valence-corrected chi connectivity index (χ1v) is 15.2. The molecule has 7 rings (SSSR count). The molecule has 1 aliphatic carbocycles. The molecule has 0 bridgehead atoms. The lowest BCUT2D eigenvalue weighted by Gasteiger charge is -2.24. The largest absolute Gasteiger partial charge is 0.324 e. The van der Waals surface area contributed by atoms with Crippen LogP contribution >= 0.6 is 0 Å². The fraction of sp³-hybridized carbons (Fsp3) is 0.0732. The molecule has 0 saturated carbocycles. The molecule has 5 aromatic rings. The molecule has 218 valence electrons. The van der Waals surface area contributed by atoms with Crippen LogP contribution in [-0.2, 0) is 0 Å². The molecule has 2 atom stereocenters. The van der Waals surface area contributed by atoms with Gasteiger partial charge in [-0.25, -0.2) is 9.98 Å². The van der Waals surface area contributed by atoms with Gasteiger partial charge in [-0.15, -0.1) is 0 Å². The highest BCUT2D eigenvalue weighted by atomic mass is 15.2. The number of benzene rings is 5. The Kier molecular flexibility index (Phi) is 7.89. The Morgan fingerprint density at radius 2 is 1.15 bits per heavy atom. The van der Waals surface area contributed by atoms with Crippen molar-refractivity contribution >= 4 is 17.2 Å². The number of amidine groups is 2. The highest BCUT2D eigenvalue weighted by Crippen LogP contribution is 2.35. The van der Waals surface area contributed by atoms with E-state index in [0.29, 0.717) is 11.1 Å². The van der Waals surface area contributed by atoms with Gasteiger partial charge in [-0.2, -0.15) is 10.5 Å². The third kappa shape index (κ3) is 6.04. The number of nitrogens with zero attached hydrogens (tertiary/aromatic N) is 4. The zero-order valence-corrected chi connectivity index (χ0v) is 25.0. The first-order valence-electron chi connectivity index (χ1n) is 15.2. The van der Waals surface area contributed by atoms with Crippen molar-refractivity contribution in [2.75, 3.05) is 0 Å². The molecule has 0 aromatic heterocycles. The van der Waals surface area contributed by atoms with E-state index < -0.39 is 0 Å². The van der Waals surface area contributed by atoms with Gasteiger partial charge in [-0.1, -0.05) is 109 Å². The van der Waals surface area contributed by atoms with E-state index in [2.05, 4.69) is 78.1 Å². The lowest BCUT2D eigenvalue weighted by molar-refractivity contribution is 0.755. The standard InChI is InChI=1S/C41H29N5/c42-26-28-11-15-30(16-12-28)31-19-21-33(22-20-31)37-23-36(32-17-13-29(27-43)14-18-32)24-38(25-37)41-45-39(34-7-3-1-4-8-34)44-40(46-41)35-9-5-2-6-10-35/h1-21,23-25,33,39H,22H2,(H,44,45,46). The van der Waals surface area contributed by atoms with Gasteiger partial charge in [0.2, 0.25) is 0 Å². The lowest BCUT2D eigenvalue weighted by atomic mass is 9.85. The summed E-state index contributed by atoms with van der Waals surface area (Å²) < 4.78 is 0. The molecule has 2 unspecified atom stereocenters. The minimum Gasteiger partial charge on any atom is -0.324 e. The summed E-state index contributed by atoms with van der Waals surface area (Å²) >= 11 is 0. The van der Waals surface area contributed by atoms with Crippen LogP contribution in [-0.4, -0.2) is 11.7 Å². The SMILES string of the molecule is N#Cc1ccc(C2=CCC(c3cc(C4=NC(c5ccccc5)N=C(c5ccccc5)N4)cc(-c4ccc(C#N)cc4)c3)C=C2)cc1. The van der Waals surface area contributed by atoms with Gasteiger partial charge in [0.15, 0.2) is 6.17 Å². The van der Waals surface area contributed by atoms with Gasteiger partial charge in [0, 0.05) is 17.0 Å². The lowest BCUT2D eigenvalue weighted by Crippen LogP contribution is -2.36. The van der Waals surface area contributed by atoms with Crippen molar-refractivity contribution in [3.05, 3.63) is 185 Å². The van der Waals surface area contributed by atoms with Gasteiger partial charge >= 0.3 is 0 Å². The van der Waals surface area contributed by atoms with Gasteiger partial charge in [-0.3, -0.25) is 0 Å². The summed E-state index contributed by atoms with van der Waals surface area (Å²) in [6.45, 7) is 0. The van der Waals surface area contributed by atoms with E-state index in [-0.39, 0.29) is 12.1 Å². The maximum atomic E-state index is 9.38. The van der Waals surface area contributed by atoms with Crippen LogP contribution in [0.2, 0.25) is 0 Å². The number of rotatable bonds is 6. The van der Waals surface area contributed by atoms with Crippen molar-refractivity contribution in [1.82, 2.24) is 5.32 Å². The predicted octanol–water partition coefficient (Wildman–Crippen LogP) is 8.72. The highest BCUT2D eigenvalue weighted by molar-refractivity contribution is 6.16. The van der Waals surface area contributed by atoms with Gasteiger partial charge < -0.3 is 5.32 Å². The number of nitrogens with one attached hydrogen (secondary N) is 1. The number of allylic oxidation sites excluding steroid dienone is 4. The molecular formula is C41H29N5. The number of hydrogen-bond acceptors (Lipinski definition) is 5. The van der Waals surface area contributed by atoms with E-state index in [0.717, 1.165) is 57.0 Å². The summed E-state index contributed by atoms with van der Waals surface area (Å²) in [6, 6.07) is 46.8. The maximum absolute atomic E-state index is 9.38. The fourth-order valence-corrected chi connectivity index (χ4v) is 5.84. The second kappa shape index (κ2) is 12.7. The van der Waals surface area contributed by atoms with Crippen LogP contribution in [0.1, 0.15) is 57.4 Å². The Hall–Kier alpha value is -6.30. The van der Waals surface area contributed by atoms with Crippen LogP contribution in [0.4, 0.5) is 0 Å². The number of aliphatic imine (C=N–C) groups is 2. The molecule has 0 amide bonds. The van der Waals surface area contributed by atoms with Crippen LogP contribution in [0, 0.1) is 22.7 Å². The zero-order chi connectivity index (χ0) is 31.3. The van der Waals surface area contributed by atoms with Gasteiger partial charge in [0.25, 0.3) is 0 Å². The van der Waals surface area contributed by atoms with Crippen LogP contribution in [0.25, 0.3) is 16.7 Å². The van der Waals surface area contributed by atoms with Crippen molar-refractivity contribution in [2.45, 2.75) is 18.5 Å². The van der Waals surface area contributed by atoms with Crippen LogP contribution in [0.3, 0.4) is 0 Å². The van der Waals surface area contributed by atoms with Crippen molar-refractivity contribution < 1.29 is 0 Å². The van der Waals surface area contributed by atoms with Crippen molar-refractivity contribution in [1.29, 1.82) is 10.5 Å². The number of nitriles is 2. The average molecular weight is 592 g/mol. The van der Waals surface area contributed by atoms with Gasteiger partial charge in [-0.05, 0) is 76.2 Å². The van der Waals surface area contributed by atoms with Crippen LogP contribution in [0.15, 0.2) is 156 Å². The maximum Gasteiger partial charge on any atom is 0.169 e. The van der Waals surface area contributed by atoms with Gasteiger partial charge in [0.1, 0.15) is 11.7 Å². The van der Waals surface area contributed by atoms with Gasteiger partial charge in [0.05, 0.1) is 23.3 Å². The Bertz CT molecular complexity index is 2090. The molecule has 1 N–H and O–H groups in total. The van der Waals surface area contributed by atoms with Crippen LogP contribution in [0.5, 0.6) is 0 Å². The molecule has 46 heavy (non-hydrogen) atoms. The minimum atomic E-state index is -0.387. The van der Waals surface area contributed by atoms with E-state index in [9.17, 15) is 10.5 Å². The van der Waals surface area contributed by atoms with E-state index in [1.165, 1.54) is 5.56 Å². The van der Waals surface area contributed by atoms with Crippen molar-refractivity contribution in [3.8, 4) is 23.3 Å². The van der Waals surface area contributed by atoms with Crippen molar-refractivity contribution in [2.24, 2.45) is 9.98 Å². The molecule has 2 aliphatic rings. The second-order valence-electron chi connectivity index (χ2n) is 11.3. The third-order valence-corrected chi connectivity index (χ3v) is 8.34. The Morgan fingerprint density at radius 1 is 0.565 bits per heavy atom. The quantitative estimate of drug-likeness (QED) is 0.214. The summed E-state index contributed by atoms with van der Waals surface area (Å²) in [5, 5.41) is 22.1. The fourth-order valence-electron chi connectivity index (χ4n) is 5.84. The molecular weight excluding hydrogens is 562 g/mol. The molecule has 0 fully saturated rings. The van der Waals surface area contributed by atoms with Crippen LogP contribution < -0.4 is 5.32 Å². The summed E-state index contributed by atoms with van der Waals surface area (Å²) in [5.74, 6) is 1.70. The topological polar surface area (TPSA) is 84.3 Å². The third-order valence-electron chi connectivity index (χ3n) is 8.34. The monoisotopic (exact) mass is 591 g/mol. The highest BCUT2D eigenvalue weighted by Gasteiger charge is 2.22. The molecule has 0 radical (unpaired) electrons. The predicted molar refractivity (Wildman–Crippen MR) is 184 cm³/mol. The molecule has 5 heteroatoms.